The monoisotopic (exact) mass is 218 g/mol. The Balaban J connectivity index is 3.85. The van der Waals surface area contributed by atoms with Gasteiger partial charge in [-0.25, -0.2) is 0 Å². The molecule has 1 N–H and O–H groups in total. The van der Waals surface area contributed by atoms with Crippen LogP contribution in [-0.2, 0) is 14.1 Å². The smallest absolute Gasteiger partial charge is 0.338 e. The highest BCUT2D eigenvalue weighted by molar-refractivity contribution is 6.28. The van der Waals surface area contributed by atoms with Gasteiger partial charge in [0.15, 0.2) is 6.19 Å². The summed E-state index contributed by atoms with van der Waals surface area (Å²) in [5.41, 5.74) is -0.332. The molecule has 0 aliphatic carbocycles. The molecule has 4 nitrogen and oxygen atoms in total. The summed E-state index contributed by atoms with van der Waals surface area (Å²) in [6.45, 7) is 9.07. The second kappa shape index (κ2) is 8.10. The molecule has 90 valence electrons. The van der Waals surface area contributed by atoms with E-state index in [-0.39, 0.29) is 18.4 Å². The topological polar surface area (TPSA) is 47.9 Å². The second-order valence-corrected chi connectivity index (χ2v) is 3.88. The molecule has 0 amide bonds. The Hall–Kier alpha value is -0.0951. The summed E-state index contributed by atoms with van der Waals surface area (Å²) in [6, 6.07) is 0. The maximum Gasteiger partial charge on any atom is 0.338 e. The van der Waals surface area contributed by atoms with Gasteiger partial charge in [0.2, 0.25) is 0 Å². The Morgan fingerprint density at radius 2 is 1.73 bits per heavy atom. The fourth-order valence-corrected chi connectivity index (χ4v) is 1.15. The summed E-state index contributed by atoms with van der Waals surface area (Å²) >= 11 is 0. The van der Waals surface area contributed by atoms with E-state index in [1.165, 1.54) is 0 Å². The van der Waals surface area contributed by atoms with Crippen LogP contribution in [0.1, 0.15) is 34.1 Å². The van der Waals surface area contributed by atoms with Gasteiger partial charge in [0, 0.05) is 25.4 Å². The lowest BCUT2D eigenvalue weighted by Gasteiger charge is -2.27. The average molecular weight is 218 g/mol. The van der Waals surface area contributed by atoms with Gasteiger partial charge in [-0.1, -0.05) is 0 Å². The number of ether oxygens (including phenoxy) is 2. The zero-order valence-electron chi connectivity index (χ0n) is 10.3. The number of aliphatic hydroxyl groups is 1. The molecule has 5 heteroatoms. The summed E-state index contributed by atoms with van der Waals surface area (Å²) < 4.78 is 16.3. The van der Waals surface area contributed by atoms with E-state index in [0.29, 0.717) is 27.1 Å². The van der Waals surface area contributed by atoms with E-state index < -0.39 is 0 Å². The van der Waals surface area contributed by atoms with Gasteiger partial charge < -0.3 is 19.2 Å². The lowest BCUT2D eigenvalue weighted by Crippen LogP contribution is -2.35. The Morgan fingerprint density at radius 1 is 1.20 bits per heavy atom. The van der Waals surface area contributed by atoms with Gasteiger partial charge in [-0.3, -0.25) is 0 Å². The first-order chi connectivity index (χ1) is 7.05. The molecule has 0 heterocycles. The number of aliphatic hydroxyl groups excluding tert-OH is 1. The van der Waals surface area contributed by atoms with Crippen LogP contribution in [0.25, 0.3) is 0 Å². The maximum atomic E-state index is 8.83. The fourth-order valence-electron chi connectivity index (χ4n) is 1.15. The molecule has 0 bridgehead atoms. The molecule has 15 heavy (non-hydrogen) atoms. The van der Waals surface area contributed by atoms with Crippen molar-refractivity contribution >= 4 is 7.48 Å². The number of rotatable bonds is 9. The van der Waals surface area contributed by atoms with E-state index in [1.54, 1.807) is 0 Å². The van der Waals surface area contributed by atoms with Crippen LogP contribution >= 0.6 is 0 Å². The van der Waals surface area contributed by atoms with E-state index in [4.69, 9.17) is 19.2 Å². The van der Waals surface area contributed by atoms with Crippen molar-refractivity contribution in [3.63, 3.8) is 0 Å². The summed E-state index contributed by atoms with van der Waals surface area (Å²) in [7, 11) is 0.397. The number of hydrogen-bond donors (Lipinski definition) is 1. The third-order valence-corrected chi connectivity index (χ3v) is 2.03. The van der Waals surface area contributed by atoms with E-state index in [1.807, 2.05) is 27.7 Å². The van der Waals surface area contributed by atoms with E-state index in [2.05, 4.69) is 0 Å². The van der Waals surface area contributed by atoms with Gasteiger partial charge >= 0.3 is 7.48 Å². The third-order valence-electron chi connectivity index (χ3n) is 2.03. The van der Waals surface area contributed by atoms with Crippen LogP contribution < -0.4 is 0 Å². The molecule has 0 rings (SSSR count). The van der Waals surface area contributed by atoms with Gasteiger partial charge in [0.05, 0.1) is 0 Å². The predicted molar refractivity (Wildman–Crippen MR) is 61.1 cm³/mol. The normalized spacial score (nSPS) is 12.1. The van der Waals surface area contributed by atoms with Gasteiger partial charge in [-0.15, -0.1) is 0 Å². The highest BCUT2D eigenvalue weighted by Crippen LogP contribution is 2.13. The molecule has 0 saturated heterocycles. The SMILES string of the molecule is CCOC(BOC(C)(C)CCO)OCC. The minimum absolute atomic E-state index is 0.126. The summed E-state index contributed by atoms with van der Waals surface area (Å²) in [6.07, 6.45) is 0.302. The molecule has 0 fully saturated rings. The number of hydrogen-bond acceptors (Lipinski definition) is 4. The van der Waals surface area contributed by atoms with Gasteiger partial charge in [-0.2, -0.15) is 0 Å². The minimum atomic E-state index is -0.332. The van der Waals surface area contributed by atoms with Crippen molar-refractivity contribution in [2.45, 2.75) is 45.9 Å². The van der Waals surface area contributed by atoms with Crippen LogP contribution in [0.3, 0.4) is 0 Å². The standard InChI is InChI=1S/C10H23BO4/c1-5-13-9(14-6-2)11-15-10(3,4)7-8-12/h9,11-12H,5-8H2,1-4H3. The highest BCUT2D eigenvalue weighted by atomic mass is 16.7. The lowest BCUT2D eigenvalue weighted by atomic mass is 9.95. The Morgan fingerprint density at radius 3 is 2.13 bits per heavy atom. The van der Waals surface area contributed by atoms with E-state index in [0.717, 1.165) is 0 Å². The predicted octanol–water partition coefficient (Wildman–Crippen LogP) is 0.872. The molecule has 0 aliphatic heterocycles. The van der Waals surface area contributed by atoms with E-state index in [9.17, 15) is 0 Å². The zero-order valence-corrected chi connectivity index (χ0v) is 10.3. The highest BCUT2D eigenvalue weighted by Gasteiger charge is 2.21. The average Bonchev–Trinajstić information content (AvgIpc) is 2.15. The first-order valence-corrected chi connectivity index (χ1v) is 5.53. The molecule has 0 spiro atoms. The lowest BCUT2D eigenvalue weighted by molar-refractivity contribution is -0.0956. The Kier molecular flexibility index (Phi) is 8.05. The van der Waals surface area contributed by atoms with Crippen LogP contribution in [0.15, 0.2) is 0 Å². The second-order valence-electron chi connectivity index (χ2n) is 3.88. The largest absolute Gasteiger partial charge is 0.428 e. The summed E-state index contributed by atoms with van der Waals surface area (Å²) in [5, 5.41) is 8.83. The zero-order chi connectivity index (χ0) is 11.7. The van der Waals surface area contributed by atoms with Crippen LogP contribution in [0.5, 0.6) is 0 Å². The van der Waals surface area contributed by atoms with Crippen molar-refractivity contribution in [2.24, 2.45) is 0 Å². The molecule has 0 radical (unpaired) electrons. The minimum Gasteiger partial charge on any atom is -0.428 e. The summed E-state index contributed by atoms with van der Waals surface area (Å²) in [5.74, 6) is 0. The molecule has 0 saturated carbocycles. The third kappa shape index (κ3) is 7.79. The maximum absolute atomic E-state index is 8.83. The van der Waals surface area contributed by atoms with E-state index >= 15 is 0 Å². The first kappa shape index (κ1) is 14.9. The van der Waals surface area contributed by atoms with Crippen molar-refractivity contribution in [3.8, 4) is 0 Å². The van der Waals surface area contributed by atoms with Gasteiger partial charge in [-0.05, 0) is 34.1 Å². The Bertz CT molecular complexity index is 146. The molecular weight excluding hydrogens is 195 g/mol. The molecule has 0 aliphatic rings. The Labute approximate surface area is 93.2 Å². The van der Waals surface area contributed by atoms with Crippen molar-refractivity contribution in [2.75, 3.05) is 19.8 Å². The van der Waals surface area contributed by atoms with Crippen LogP contribution in [0, 0.1) is 0 Å². The molecule has 0 aromatic rings. The van der Waals surface area contributed by atoms with Crippen molar-refractivity contribution in [1.29, 1.82) is 0 Å². The molecule has 0 aromatic carbocycles. The van der Waals surface area contributed by atoms with Crippen LogP contribution in [0.4, 0.5) is 0 Å². The van der Waals surface area contributed by atoms with Crippen molar-refractivity contribution in [1.82, 2.24) is 0 Å². The van der Waals surface area contributed by atoms with Gasteiger partial charge in [0.25, 0.3) is 0 Å². The molecular formula is C10H23BO4. The molecule has 0 atom stereocenters. The molecule has 0 aromatic heterocycles. The van der Waals surface area contributed by atoms with Gasteiger partial charge in [0.1, 0.15) is 0 Å². The van der Waals surface area contributed by atoms with Crippen molar-refractivity contribution in [3.05, 3.63) is 0 Å². The van der Waals surface area contributed by atoms with Crippen LogP contribution in [-0.4, -0.2) is 44.2 Å². The van der Waals surface area contributed by atoms with Crippen LogP contribution in [0.2, 0.25) is 0 Å². The quantitative estimate of drug-likeness (QED) is 0.460. The van der Waals surface area contributed by atoms with Crippen molar-refractivity contribution < 1.29 is 19.2 Å². The fraction of sp³-hybridized carbons (Fsp3) is 1.00. The first-order valence-electron chi connectivity index (χ1n) is 5.53. The molecule has 0 unspecified atom stereocenters. The summed E-state index contributed by atoms with van der Waals surface area (Å²) in [4.78, 5) is 0.